The molecule has 0 aliphatic carbocycles. The molecule has 4 aromatic rings. The van der Waals surface area contributed by atoms with Crippen LogP contribution in [-0.2, 0) is 92.5 Å². The van der Waals surface area contributed by atoms with E-state index in [-0.39, 0.29) is 109 Å². The molecule has 4 aromatic carbocycles. The molecule has 2 saturated heterocycles. The molecule has 4 aliphatic heterocycles. The van der Waals surface area contributed by atoms with E-state index in [9.17, 15) is 38.4 Å². The van der Waals surface area contributed by atoms with Gasteiger partial charge in [-0.15, -0.1) is 0 Å². The number of esters is 4. The number of aryl methyl sites for hydroxylation is 2. The summed E-state index contributed by atoms with van der Waals surface area (Å²) in [5.74, 6) is -4.17. The highest BCUT2D eigenvalue weighted by Gasteiger charge is 2.50. The van der Waals surface area contributed by atoms with Crippen molar-refractivity contribution in [2.24, 2.45) is 34.5 Å². The van der Waals surface area contributed by atoms with E-state index in [0.29, 0.717) is 32.7 Å². The van der Waals surface area contributed by atoms with E-state index in [1.165, 1.54) is 37.5 Å². The lowest BCUT2D eigenvalue weighted by atomic mass is 9.92. The predicted molar refractivity (Wildman–Crippen MR) is 437 cm³/mol. The zero-order chi connectivity index (χ0) is 81.0. The number of benzene rings is 4. The zero-order valence-electron chi connectivity index (χ0n) is 66.9. The van der Waals surface area contributed by atoms with E-state index < -0.39 is 94.8 Å². The number of ether oxygens (including phenoxy) is 8. The predicted octanol–water partition coefficient (Wildman–Crippen LogP) is 15.4. The number of nitrogens with one attached hydrogen (secondary N) is 4. The first-order chi connectivity index (χ1) is 51.8. The van der Waals surface area contributed by atoms with E-state index in [1.54, 1.807) is 87.0 Å². The Morgan fingerprint density at radius 3 is 1.26 bits per heavy atom. The third-order valence-corrected chi connectivity index (χ3v) is 23.5. The van der Waals surface area contributed by atoms with Crippen molar-refractivity contribution >= 4 is 105 Å². The first-order valence-electron chi connectivity index (χ1n) is 38.2. The fourth-order valence-corrected chi connectivity index (χ4v) is 16.1. The van der Waals surface area contributed by atoms with Crippen LogP contribution < -0.4 is 30.7 Å². The lowest BCUT2D eigenvalue weighted by Gasteiger charge is -2.29. The Morgan fingerprint density at radius 2 is 0.918 bits per heavy atom. The molecule has 110 heavy (non-hydrogen) atoms. The fraction of sp³-hybridized carbons (Fsp3) is 0.576. The number of hydrogen-bond acceptors (Lipinski definition) is 19. The van der Waals surface area contributed by atoms with E-state index >= 15 is 0 Å². The number of carbonyl (C=O) groups is 8. The van der Waals surface area contributed by atoms with Crippen LogP contribution in [0.2, 0.25) is 10.0 Å². The first kappa shape index (κ1) is 90.5. The van der Waals surface area contributed by atoms with Crippen LogP contribution >= 0.6 is 57.4 Å². The molecule has 4 amide bonds. The van der Waals surface area contributed by atoms with Crippen LogP contribution in [0.5, 0.6) is 11.5 Å². The van der Waals surface area contributed by atoms with Crippen molar-refractivity contribution < 1.29 is 76.3 Å². The summed E-state index contributed by atoms with van der Waals surface area (Å²) in [6.07, 6.45) is 10.9. The number of halogens is 2. The fourth-order valence-electron chi connectivity index (χ4n) is 13.1. The number of cyclic esters (lactones) is 4. The Hall–Kier alpha value is -6.73. The maximum atomic E-state index is 13.8. The summed E-state index contributed by atoms with van der Waals surface area (Å²) in [6, 6.07) is 25.3. The van der Waals surface area contributed by atoms with Crippen LogP contribution in [0.1, 0.15) is 194 Å². The van der Waals surface area contributed by atoms with E-state index in [2.05, 4.69) is 116 Å². The smallest absolute Gasteiger partial charge is 0.347 e. The van der Waals surface area contributed by atoms with Crippen molar-refractivity contribution in [3.8, 4) is 11.5 Å². The molecule has 8 rings (SSSR count). The molecular weight excluding hydrogens is 1500 g/mol. The first-order valence-corrected chi connectivity index (χ1v) is 42.0. The minimum atomic E-state index is -1.21. The van der Waals surface area contributed by atoms with Gasteiger partial charge in [0.05, 0.1) is 47.3 Å². The summed E-state index contributed by atoms with van der Waals surface area (Å²) < 4.78 is 47.1. The van der Waals surface area contributed by atoms with Crippen molar-refractivity contribution in [3.63, 3.8) is 0 Å². The molecule has 25 heteroatoms. The summed E-state index contributed by atoms with van der Waals surface area (Å²) in [5, 5.41) is 11.9. The van der Waals surface area contributed by atoms with Gasteiger partial charge in [-0.25, -0.2) is 9.59 Å². The highest BCUT2D eigenvalue weighted by Crippen LogP contribution is 2.47. The van der Waals surface area contributed by atoms with Gasteiger partial charge < -0.3 is 59.2 Å². The highest BCUT2D eigenvalue weighted by atomic mass is 35.5. The third kappa shape index (κ3) is 28.4. The molecule has 2 fully saturated rings. The van der Waals surface area contributed by atoms with Gasteiger partial charge in [-0.3, -0.25) is 28.8 Å². The molecule has 4 heterocycles. The van der Waals surface area contributed by atoms with E-state index in [4.69, 9.17) is 61.1 Å². The summed E-state index contributed by atoms with van der Waals surface area (Å²) in [6.45, 7) is 26.8. The molecule has 12 atom stereocenters. The number of rotatable bonds is 26. The normalized spacial score (nSPS) is 25.0. The molecular formula is C85H116Cl2N4O16S3. The van der Waals surface area contributed by atoms with Gasteiger partial charge in [0.1, 0.15) is 48.0 Å². The van der Waals surface area contributed by atoms with Gasteiger partial charge in [-0.05, 0) is 181 Å². The molecule has 0 bridgehead atoms. The van der Waals surface area contributed by atoms with Gasteiger partial charge in [0, 0.05) is 60.1 Å². The second kappa shape index (κ2) is 41.3. The van der Waals surface area contributed by atoms with Crippen molar-refractivity contribution in [1.29, 1.82) is 0 Å². The minimum Gasteiger partial charge on any atom is -0.495 e. The molecule has 0 unspecified atom stereocenters. The highest BCUT2D eigenvalue weighted by molar-refractivity contribution is 8.76. The van der Waals surface area contributed by atoms with Gasteiger partial charge in [0.15, 0.2) is 12.2 Å². The second-order valence-electron chi connectivity index (χ2n) is 32.7. The Kier molecular flexibility index (Phi) is 34.0. The van der Waals surface area contributed by atoms with Gasteiger partial charge in [-0.1, -0.05) is 173 Å². The van der Waals surface area contributed by atoms with Gasteiger partial charge >= 0.3 is 23.9 Å². The Balaban J connectivity index is 0.000000306. The van der Waals surface area contributed by atoms with Crippen LogP contribution in [0.3, 0.4) is 0 Å². The lowest BCUT2D eigenvalue weighted by molar-refractivity contribution is -0.179. The van der Waals surface area contributed by atoms with Gasteiger partial charge in [0.2, 0.25) is 23.6 Å². The van der Waals surface area contributed by atoms with Gasteiger partial charge in [0.25, 0.3) is 0 Å². The topological polar surface area (TPSA) is 265 Å². The Morgan fingerprint density at radius 1 is 0.545 bits per heavy atom. The Labute approximate surface area is 674 Å². The van der Waals surface area contributed by atoms with Crippen LogP contribution in [0.4, 0.5) is 0 Å². The quantitative estimate of drug-likeness (QED) is 0.0129. The Bertz CT molecular complexity index is 3840. The average Bonchev–Trinajstić information content (AvgIpc) is 1.63. The third-order valence-electron chi connectivity index (χ3n) is 20.0. The molecule has 0 radical (unpaired) electrons. The molecule has 604 valence electrons. The molecule has 4 N–H and O–H groups in total. The van der Waals surface area contributed by atoms with Crippen LogP contribution in [0, 0.1) is 34.5 Å². The van der Waals surface area contributed by atoms with Crippen molar-refractivity contribution in [2.45, 2.75) is 244 Å². The number of hydrogen-bond donors (Lipinski definition) is 5. The molecule has 0 aromatic heterocycles. The molecule has 0 spiro atoms. The molecule has 20 nitrogen and oxygen atoms in total. The monoisotopic (exact) mass is 1610 g/mol. The van der Waals surface area contributed by atoms with E-state index in [0.717, 1.165) is 49.7 Å². The average molecular weight is 1620 g/mol. The number of carbonyl (C=O) groups excluding carboxylic acids is 8. The van der Waals surface area contributed by atoms with Gasteiger partial charge in [-0.2, -0.15) is 12.6 Å². The largest absolute Gasteiger partial charge is 0.495 e. The summed E-state index contributed by atoms with van der Waals surface area (Å²) in [4.78, 5) is 108. The number of amides is 4. The lowest BCUT2D eigenvalue weighted by Crippen LogP contribution is -2.51. The standard InChI is InChI=1S/C43H59ClN2O8S2.C42H57ClN2O8S/c1-26(2)22-35-40(49)52-33(27(3)37-38(54-37)30-18-15-28(16-19-30)12-11-21-43(6,7)56-55-9)13-10-14-36(47)46-32(24-29-17-20-34(51-8)31(44)23-29)39(48)45-25-42(4,5)41(50)53-35;1-25(2)21-34-39(48)51-32(26(3)36-37(53-36)29-17-14-27(15-18-29)11-10-20-42(6,7)54)12-9-13-35(46)45-31(23-28-16-19-33(50-8)30(43)22-28)38(47)44-24-41(4,5)40(49)52-34/h10,14-20,23,26-27,32-33,35,37-38H,11-13,21-22,24-25H2,1-9H3,(H,45,48)(H,46,47);9,13-19,22,25-26,31-32,34,36-37,54H,10-12,20-21,23-24H2,1-8H3,(H,44,47)(H,45,46)/b14-10+;13-9+/t27-,32+,33-,35-,37+,38+;26-,31+,32-,34-,36+,37+/m00/s1. The SMILES string of the molecule is COc1ccc(C[C@H]2NC(=O)/C=C/C[C@@H]([C@H](C)[C@H]3O[C@@H]3c3ccc(CCCC(C)(C)S)cc3)OC(=O)[C@H](CC(C)C)OC(=O)C(C)(C)CNC2=O)cc1Cl.COc1ccc(C[C@H]2NC(=O)/C=C/C[C@@H]([C@H](C)[C@H]3O[C@@H]3c3ccc(CCCC(C)(C)SSC)cc3)OC(=O)[C@H](CC(C)C)OC(=O)C(C)(C)CNC2=O)cc1Cl. The van der Waals surface area contributed by atoms with E-state index in [1.807, 2.05) is 52.3 Å². The summed E-state index contributed by atoms with van der Waals surface area (Å²) >= 11 is 17.3. The minimum absolute atomic E-state index is 0.00259. The number of methoxy groups -OCH3 is 2. The van der Waals surface area contributed by atoms with Crippen molar-refractivity contribution in [3.05, 3.63) is 153 Å². The van der Waals surface area contributed by atoms with Crippen molar-refractivity contribution in [1.82, 2.24) is 21.3 Å². The summed E-state index contributed by atoms with van der Waals surface area (Å²) in [5.41, 5.74) is 3.59. The maximum Gasteiger partial charge on any atom is 0.347 e. The van der Waals surface area contributed by atoms with Crippen molar-refractivity contribution in [2.75, 3.05) is 33.6 Å². The molecule has 4 aliphatic rings. The summed E-state index contributed by atoms with van der Waals surface area (Å²) in [7, 11) is 6.74. The zero-order valence-corrected chi connectivity index (χ0v) is 71.0. The van der Waals surface area contributed by atoms with Crippen LogP contribution in [-0.4, -0.2) is 139 Å². The molecule has 0 saturated carbocycles. The maximum absolute atomic E-state index is 13.8. The van der Waals surface area contributed by atoms with Crippen LogP contribution in [0.15, 0.2) is 109 Å². The van der Waals surface area contributed by atoms with Crippen LogP contribution in [0.25, 0.3) is 0 Å². The number of thiol groups is 1. The second-order valence-corrected chi connectivity index (χ2v) is 37.8. The number of epoxide rings is 2.